The Kier molecular flexibility index (Phi) is 6.02. The van der Waals surface area contributed by atoms with Crippen LogP contribution in [0.1, 0.15) is 5.56 Å². The number of imide groups is 1. The van der Waals surface area contributed by atoms with Crippen LogP contribution in [0.15, 0.2) is 84.6 Å². The van der Waals surface area contributed by atoms with Crippen molar-refractivity contribution in [3.8, 4) is 5.75 Å². The third-order valence-corrected chi connectivity index (χ3v) is 5.11. The number of nitrogens with zero attached hydrogens (tertiary/aromatic N) is 2. The molecule has 0 aliphatic carbocycles. The van der Waals surface area contributed by atoms with E-state index in [1.807, 2.05) is 19.0 Å². The zero-order chi connectivity index (χ0) is 24.5. The van der Waals surface area contributed by atoms with Gasteiger partial charge in [-0.05, 0) is 42.0 Å². The summed E-state index contributed by atoms with van der Waals surface area (Å²) < 4.78 is 41.9. The van der Waals surface area contributed by atoms with E-state index >= 15 is 0 Å². The van der Waals surface area contributed by atoms with Crippen molar-refractivity contribution in [2.75, 3.05) is 29.2 Å². The van der Waals surface area contributed by atoms with E-state index in [4.69, 9.17) is 0 Å². The molecule has 1 aliphatic rings. The van der Waals surface area contributed by atoms with Crippen molar-refractivity contribution in [3.05, 3.63) is 90.1 Å². The van der Waals surface area contributed by atoms with Crippen LogP contribution in [0, 0.1) is 0 Å². The molecule has 0 aromatic heterocycles. The van der Waals surface area contributed by atoms with E-state index < -0.39 is 23.9 Å². The molecule has 9 heteroatoms. The third-order valence-electron chi connectivity index (χ3n) is 5.11. The van der Waals surface area contributed by atoms with Crippen LogP contribution in [0.25, 0.3) is 5.57 Å². The minimum atomic E-state index is -4.86. The fourth-order valence-electron chi connectivity index (χ4n) is 3.57. The molecule has 0 radical (unpaired) electrons. The molecule has 4 rings (SSSR count). The minimum Gasteiger partial charge on any atom is -0.406 e. The molecule has 2 amide bonds. The van der Waals surface area contributed by atoms with Gasteiger partial charge in [0.15, 0.2) is 0 Å². The Morgan fingerprint density at radius 2 is 1.53 bits per heavy atom. The molecule has 1 heterocycles. The smallest absolute Gasteiger partial charge is 0.406 e. The van der Waals surface area contributed by atoms with Crippen LogP contribution >= 0.6 is 0 Å². The molecule has 0 spiro atoms. The van der Waals surface area contributed by atoms with E-state index in [1.165, 1.54) is 12.1 Å². The van der Waals surface area contributed by atoms with E-state index in [-0.39, 0.29) is 17.0 Å². The van der Waals surface area contributed by atoms with Gasteiger partial charge in [-0.15, -0.1) is 13.2 Å². The lowest BCUT2D eigenvalue weighted by Gasteiger charge is -2.18. The lowest BCUT2D eigenvalue weighted by atomic mass is 10.0. The van der Waals surface area contributed by atoms with Crippen molar-refractivity contribution >= 4 is 34.4 Å². The van der Waals surface area contributed by atoms with E-state index in [2.05, 4.69) is 10.1 Å². The average molecular weight is 467 g/mol. The van der Waals surface area contributed by atoms with Crippen LogP contribution in [0.2, 0.25) is 0 Å². The highest BCUT2D eigenvalue weighted by Crippen LogP contribution is 2.35. The third kappa shape index (κ3) is 4.73. The number of amides is 2. The Morgan fingerprint density at radius 1 is 0.853 bits per heavy atom. The van der Waals surface area contributed by atoms with Crippen molar-refractivity contribution in [1.82, 2.24) is 0 Å². The molecule has 1 aliphatic heterocycles. The summed E-state index contributed by atoms with van der Waals surface area (Å²) in [6.45, 7) is 0. The molecule has 0 saturated carbocycles. The number of nitrogens with one attached hydrogen (secondary N) is 1. The molecule has 34 heavy (non-hydrogen) atoms. The molecule has 3 aromatic carbocycles. The average Bonchev–Trinajstić information content (AvgIpc) is 3.03. The fraction of sp³-hybridized carbons (Fsp3) is 0.120. The minimum absolute atomic E-state index is 0.0444. The van der Waals surface area contributed by atoms with Crippen molar-refractivity contribution < 1.29 is 27.5 Å². The molecular weight excluding hydrogens is 447 g/mol. The maximum Gasteiger partial charge on any atom is 0.573 e. The zero-order valence-electron chi connectivity index (χ0n) is 18.3. The molecule has 0 unspecified atom stereocenters. The normalized spacial score (nSPS) is 14.0. The van der Waals surface area contributed by atoms with Gasteiger partial charge < -0.3 is 15.0 Å². The Labute approximate surface area is 193 Å². The first-order chi connectivity index (χ1) is 16.1. The SMILES string of the molecule is CN(C)c1ccc(N2C(=O)C(Nc3cccc(OC(F)(F)F)c3)=C(c3ccccc3)C2=O)cc1. The maximum absolute atomic E-state index is 13.4. The summed E-state index contributed by atoms with van der Waals surface area (Å²) in [4.78, 5) is 29.7. The number of halogens is 3. The van der Waals surface area contributed by atoms with Crippen LogP contribution in [0.5, 0.6) is 5.75 Å². The van der Waals surface area contributed by atoms with E-state index in [0.29, 0.717) is 11.3 Å². The van der Waals surface area contributed by atoms with Crippen LogP contribution in [-0.2, 0) is 9.59 Å². The Hall–Kier alpha value is -4.27. The van der Waals surface area contributed by atoms with Gasteiger partial charge in [-0.25, -0.2) is 4.90 Å². The van der Waals surface area contributed by atoms with Crippen LogP contribution in [0.3, 0.4) is 0 Å². The molecule has 0 bridgehead atoms. The van der Waals surface area contributed by atoms with E-state index in [1.54, 1.807) is 54.6 Å². The van der Waals surface area contributed by atoms with Gasteiger partial charge in [0.2, 0.25) is 0 Å². The molecule has 1 N–H and O–H groups in total. The quantitative estimate of drug-likeness (QED) is 0.515. The van der Waals surface area contributed by atoms with Gasteiger partial charge in [0.05, 0.1) is 11.3 Å². The molecule has 3 aromatic rings. The number of alkyl halides is 3. The number of carbonyl (C=O) groups excluding carboxylic acids is 2. The van der Waals surface area contributed by atoms with Crippen LogP contribution < -0.4 is 19.9 Å². The van der Waals surface area contributed by atoms with E-state index in [9.17, 15) is 22.8 Å². The summed E-state index contributed by atoms with van der Waals surface area (Å²) in [6, 6.07) is 20.6. The van der Waals surface area contributed by atoms with Crippen LogP contribution in [0.4, 0.5) is 30.2 Å². The van der Waals surface area contributed by atoms with Gasteiger partial charge in [0.1, 0.15) is 11.4 Å². The number of hydrogen-bond acceptors (Lipinski definition) is 5. The highest BCUT2D eigenvalue weighted by atomic mass is 19.4. The lowest BCUT2D eigenvalue weighted by molar-refractivity contribution is -0.274. The predicted molar refractivity (Wildman–Crippen MR) is 123 cm³/mol. The molecular formula is C25H20F3N3O3. The van der Waals surface area contributed by atoms with Gasteiger partial charge in [0, 0.05) is 31.5 Å². The Morgan fingerprint density at radius 3 is 2.15 bits per heavy atom. The van der Waals surface area contributed by atoms with Gasteiger partial charge in [-0.3, -0.25) is 9.59 Å². The molecule has 0 atom stereocenters. The highest BCUT2D eigenvalue weighted by molar-refractivity contribution is 6.46. The van der Waals surface area contributed by atoms with Crippen molar-refractivity contribution in [3.63, 3.8) is 0 Å². The Bertz CT molecular complexity index is 1250. The summed E-state index contributed by atoms with van der Waals surface area (Å²) in [5, 5.41) is 2.84. The second kappa shape index (κ2) is 8.93. The number of hydrogen-bond donors (Lipinski definition) is 1. The molecule has 0 fully saturated rings. The first-order valence-corrected chi connectivity index (χ1v) is 10.2. The highest BCUT2D eigenvalue weighted by Gasteiger charge is 2.40. The van der Waals surface area contributed by atoms with Gasteiger partial charge in [0.25, 0.3) is 11.8 Å². The van der Waals surface area contributed by atoms with Crippen molar-refractivity contribution in [2.24, 2.45) is 0 Å². The van der Waals surface area contributed by atoms with Gasteiger partial charge in [-0.2, -0.15) is 0 Å². The fourth-order valence-corrected chi connectivity index (χ4v) is 3.57. The summed E-state index contributed by atoms with van der Waals surface area (Å²) in [6.07, 6.45) is -4.86. The zero-order valence-corrected chi connectivity index (χ0v) is 18.3. The number of ether oxygens (including phenoxy) is 1. The van der Waals surface area contributed by atoms with E-state index in [0.717, 1.165) is 22.7 Å². The first-order valence-electron chi connectivity index (χ1n) is 10.2. The summed E-state index contributed by atoms with van der Waals surface area (Å²) in [5.74, 6) is -1.62. The number of anilines is 3. The second-order valence-corrected chi connectivity index (χ2v) is 7.67. The molecule has 6 nitrogen and oxygen atoms in total. The topological polar surface area (TPSA) is 61.9 Å². The summed E-state index contributed by atoms with van der Waals surface area (Å²) in [5.41, 5.74) is 2.00. The number of rotatable bonds is 6. The molecule has 0 saturated heterocycles. The summed E-state index contributed by atoms with van der Waals surface area (Å²) in [7, 11) is 3.74. The first kappa shape index (κ1) is 22.9. The summed E-state index contributed by atoms with van der Waals surface area (Å²) >= 11 is 0. The lowest BCUT2D eigenvalue weighted by Crippen LogP contribution is -2.32. The molecule has 174 valence electrons. The monoisotopic (exact) mass is 467 g/mol. The predicted octanol–water partition coefficient (Wildman–Crippen LogP) is 5.05. The number of benzene rings is 3. The second-order valence-electron chi connectivity index (χ2n) is 7.67. The van der Waals surface area contributed by atoms with Crippen molar-refractivity contribution in [2.45, 2.75) is 6.36 Å². The largest absolute Gasteiger partial charge is 0.573 e. The Balaban J connectivity index is 1.73. The number of carbonyl (C=O) groups is 2. The standard InChI is InChI=1S/C25H20F3N3O3/c1-30(2)18-11-13-19(14-12-18)31-23(32)21(16-7-4-3-5-8-16)22(24(31)33)29-17-9-6-10-20(15-17)34-25(26,27)28/h3-15,29H,1-2H3. The van der Waals surface area contributed by atoms with Crippen molar-refractivity contribution in [1.29, 1.82) is 0 Å². The van der Waals surface area contributed by atoms with Gasteiger partial charge >= 0.3 is 6.36 Å². The maximum atomic E-state index is 13.4. The van der Waals surface area contributed by atoms with Gasteiger partial charge in [-0.1, -0.05) is 36.4 Å². The van der Waals surface area contributed by atoms with Crippen LogP contribution in [-0.4, -0.2) is 32.3 Å².